The first-order chi connectivity index (χ1) is 27.2. The number of carbonyl (C=O) groups is 1. The van der Waals surface area contributed by atoms with Crippen LogP contribution in [0.3, 0.4) is 0 Å². The summed E-state index contributed by atoms with van der Waals surface area (Å²) in [6.07, 6.45) is 69.7. The lowest BCUT2D eigenvalue weighted by Crippen LogP contribution is -2.27. The molecule has 0 fully saturated rings. The largest absolute Gasteiger partial charge is 0.457 e. The summed E-state index contributed by atoms with van der Waals surface area (Å²) in [5, 5.41) is 9.61. The second-order valence-corrected chi connectivity index (χ2v) is 14.0. The highest BCUT2D eigenvalue weighted by atomic mass is 16.6. The van der Waals surface area contributed by atoms with Gasteiger partial charge in [-0.05, 0) is 103 Å². The molecule has 0 saturated heterocycles. The smallest absolute Gasteiger partial charge is 0.306 e. The van der Waals surface area contributed by atoms with Crippen molar-refractivity contribution >= 4 is 5.97 Å². The van der Waals surface area contributed by atoms with Crippen LogP contribution in [0.5, 0.6) is 0 Å². The van der Waals surface area contributed by atoms with E-state index >= 15 is 0 Å². The average Bonchev–Trinajstić information content (AvgIpc) is 3.19. The number of hydrogen-bond donors (Lipinski definition) is 1. The van der Waals surface area contributed by atoms with E-state index in [0.29, 0.717) is 13.0 Å². The van der Waals surface area contributed by atoms with Crippen molar-refractivity contribution in [2.45, 2.75) is 174 Å². The average molecular weight is 759 g/mol. The third kappa shape index (κ3) is 45.1. The van der Waals surface area contributed by atoms with Gasteiger partial charge in [0.05, 0.1) is 13.2 Å². The van der Waals surface area contributed by atoms with Crippen molar-refractivity contribution in [3.05, 3.63) is 122 Å². The van der Waals surface area contributed by atoms with Gasteiger partial charge >= 0.3 is 5.97 Å². The summed E-state index contributed by atoms with van der Waals surface area (Å²) in [6.45, 7) is 5.04. The third-order valence-corrected chi connectivity index (χ3v) is 8.78. The summed E-state index contributed by atoms with van der Waals surface area (Å²) in [4.78, 5) is 12.2. The summed E-state index contributed by atoms with van der Waals surface area (Å²) in [6, 6.07) is 0. The van der Waals surface area contributed by atoms with E-state index in [9.17, 15) is 9.90 Å². The Labute approximate surface area is 339 Å². The van der Waals surface area contributed by atoms with Crippen LogP contribution in [-0.4, -0.2) is 37.0 Å². The highest BCUT2D eigenvalue weighted by Gasteiger charge is 2.13. The molecule has 0 aliphatic rings. The van der Waals surface area contributed by atoms with Gasteiger partial charge in [0.2, 0.25) is 0 Å². The van der Waals surface area contributed by atoms with Gasteiger partial charge in [0.15, 0.2) is 0 Å². The van der Waals surface area contributed by atoms with E-state index in [1.807, 2.05) is 0 Å². The fraction of sp³-hybridized carbons (Fsp3) is 0.588. The Morgan fingerprint density at radius 3 is 1.15 bits per heavy atom. The van der Waals surface area contributed by atoms with Crippen molar-refractivity contribution in [1.82, 2.24) is 0 Å². The van der Waals surface area contributed by atoms with Gasteiger partial charge in [-0.3, -0.25) is 4.79 Å². The van der Waals surface area contributed by atoms with Gasteiger partial charge in [0.25, 0.3) is 0 Å². The fourth-order valence-electron chi connectivity index (χ4n) is 5.56. The maximum atomic E-state index is 12.2. The fourth-order valence-corrected chi connectivity index (χ4v) is 5.56. The van der Waals surface area contributed by atoms with Crippen molar-refractivity contribution < 1.29 is 19.4 Å². The van der Waals surface area contributed by atoms with E-state index in [0.717, 1.165) is 103 Å². The highest BCUT2D eigenvalue weighted by molar-refractivity contribution is 5.69. The molecule has 1 atom stereocenters. The minimum Gasteiger partial charge on any atom is -0.457 e. The van der Waals surface area contributed by atoms with E-state index in [4.69, 9.17) is 9.47 Å². The van der Waals surface area contributed by atoms with Gasteiger partial charge in [0, 0.05) is 13.0 Å². The molecule has 0 rings (SSSR count). The van der Waals surface area contributed by atoms with Gasteiger partial charge in [-0.1, -0.05) is 180 Å². The molecule has 0 radical (unpaired) electrons. The lowest BCUT2D eigenvalue weighted by Gasteiger charge is -2.15. The number of ether oxygens (including phenoxy) is 2. The molecule has 0 saturated carbocycles. The number of esters is 1. The first-order valence-electron chi connectivity index (χ1n) is 22.1. The predicted molar refractivity (Wildman–Crippen MR) is 241 cm³/mol. The molecule has 0 heterocycles. The molecule has 1 unspecified atom stereocenters. The minimum atomic E-state index is -0.566. The van der Waals surface area contributed by atoms with Gasteiger partial charge in [0.1, 0.15) is 6.10 Å². The molecular formula is C51H82O4. The van der Waals surface area contributed by atoms with E-state index in [-0.39, 0.29) is 19.2 Å². The molecular weight excluding hydrogens is 677 g/mol. The molecule has 310 valence electrons. The van der Waals surface area contributed by atoms with Crippen molar-refractivity contribution in [2.75, 3.05) is 19.8 Å². The SMILES string of the molecule is CC/C=C\C/C=C\C/C=C\C/C=C\C/C=C\CCCCCCCCCCOCC(CO)OC(=O)CCCCC/C=C\C/C=C\C/C=C\C/C=C\C/C=C\CC. The summed E-state index contributed by atoms with van der Waals surface area (Å²) < 4.78 is 11.1. The second kappa shape index (κ2) is 46.9. The first kappa shape index (κ1) is 51.8. The topological polar surface area (TPSA) is 55.8 Å². The number of unbranched alkanes of at least 4 members (excludes halogenated alkanes) is 11. The molecule has 55 heavy (non-hydrogen) atoms. The number of hydrogen-bond acceptors (Lipinski definition) is 4. The van der Waals surface area contributed by atoms with E-state index < -0.39 is 6.10 Å². The Kier molecular flexibility index (Phi) is 44.2. The van der Waals surface area contributed by atoms with Crippen molar-refractivity contribution in [3.63, 3.8) is 0 Å². The molecule has 0 aliphatic heterocycles. The molecule has 0 spiro atoms. The van der Waals surface area contributed by atoms with Crippen LogP contribution in [0.25, 0.3) is 0 Å². The zero-order valence-corrected chi connectivity index (χ0v) is 35.4. The first-order valence-corrected chi connectivity index (χ1v) is 22.1. The molecule has 0 aromatic heterocycles. The van der Waals surface area contributed by atoms with Crippen LogP contribution in [0, 0.1) is 0 Å². The lowest BCUT2D eigenvalue weighted by atomic mass is 10.1. The van der Waals surface area contributed by atoms with E-state index in [2.05, 4.69) is 135 Å². The third-order valence-electron chi connectivity index (χ3n) is 8.78. The molecule has 0 amide bonds. The zero-order valence-electron chi connectivity index (χ0n) is 35.4. The van der Waals surface area contributed by atoms with Crippen LogP contribution in [-0.2, 0) is 14.3 Å². The van der Waals surface area contributed by atoms with Gasteiger partial charge in [-0.15, -0.1) is 0 Å². The van der Waals surface area contributed by atoms with Crippen LogP contribution in [0.4, 0.5) is 0 Å². The Hall–Kier alpha value is -3.21. The van der Waals surface area contributed by atoms with Crippen LogP contribution in [0.15, 0.2) is 122 Å². The normalized spacial score (nSPS) is 13.6. The molecule has 0 aliphatic carbocycles. The van der Waals surface area contributed by atoms with Crippen molar-refractivity contribution in [1.29, 1.82) is 0 Å². The van der Waals surface area contributed by atoms with Crippen LogP contribution in [0.1, 0.15) is 168 Å². The summed E-state index contributed by atoms with van der Waals surface area (Å²) >= 11 is 0. The summed E-state index contributed by atoms with van der Waals surface area (Å²) in [5.41, 5.74) is 0. The summed E-state index contributed by atoms with van der Waals surface area (Å²) in [5.74, 6) is -0.240. The molecule has 0 aromatic rings. The van der Waals surface area contributed by atoms with Gasteiger partial charge in [-0.2, -0.15) is 0 Å². The van der Waals surface area contributed by atoms with Crippen LogP contribution < -0.4 is 0 Å². The summed E-state index contributed by atoms with van der Waals surface area (Å²) in [7, 11) is 0. The number of allylic oxidation sites excluding steroid dienone is 20. The molecule has 4 nitrogen and oxygen atoms in total. The Bertz CT molecular complexity index is 1110. The molecule has 0 bridgehead atoms. The quantitative estimate of drug-likeness (QED) is 0.0385. The monoisotopic (exact) mass is 759 g/mol. The van der Waals surface area contributed by atoms with E-state index in [1.165, 1.54) is 44.9 Å². The van der Waals surface area contributed by atoms with Crippen LogP contribution in [0.2, 0.25) is 0 Å². The van der Waals surface area contributed by atoms with Crippen molar-refractivity contribution in [2.24, 2.45) is 0 Å². The molecule has 4 heteroatoms. The van der Waals surface area contributed by atoms with Crippen LogP contribution >= 0.6 is 0 Å². The van der Waals surface area contributed by atoms with E-state index in [1.54, 1.807) is 0 Å². The predicted octanol–water partition coefficient (Wildman–Crippen LogP) is 14.9. The number of aliphatic hydroxyl groups is 1. The highest BCUT2D eigenvalue weighted by Crippen LogP contribution is 2.11. The molecule has 1 N–H and O–H groups in total. The number of aliphatic hydroxyl groups excluding tert-OH is 1. The second-order valence-electron chi connectivity index (χ2n) is 14.0. The maximum absolute atomic E-state index is 12.2. The minimum absolute atomic E-state index is 0.198. The number of rotatable bonds is 39. The van der Waals surface area contributed by atoms with Gasteiger partial charge < -0.3 is 14.6 Å². The van der Waals surface area contributed by atoms with Gasteiger partial charge in [-0.25, -0.2) is 0 Å². The van der Waals surface area contributed by atoms with Crippen molar-refractivity contribution in [3.8, 4) is 0 Å². The molecule has 0 aromatic carbocycles. The Morgan fingerprint density at radius 1 is 0.436 bits per heavy atom. The number of carbonyl (C=O) groups excluding carboxylic acids is 1. The Balaban J connectivity index is 3.57. The Morgan fingerprint density at radius 2 is 0.764 bits per heavy atom. The lowest BCUT2D eigenvalue weighted by molar-refractivity contribution is -0.154. The maximum Gasteiger partial charge on any atom is 0.306 e. The zero-order chi connectivity index (χ0) is 39.8. The standard InChI is InChI=1S/C51H82O4/c1-3-5-7-9-11-13-15-17-19-21-23-24-25-26-27-29-31-33-35-37-39-41-43-45-47-54-49-50(48-52)55-51(53)46-44-42-40-38-36-34-32-30-28-22-20-18-16-14-12-10-8-6-4-2/h5-8,11-14,17-20,23-24,26-28,30,34,36,50,52H,3-4,9-10,15-16,21-22,25,29,31-33,35,37-49H2,1-2H3/b7-5-,8-6-,13-11-,14-12-,19-17-,20-18-,24-23-,27-26-,30-28-,36-34-.